The number of aliphatic imine (C=N–C) groups is 1. The Hall–Kier alpha value is -1.07. The summed E-state index contributed by atoms with van der Waals surface area (Å²) in [5.41, 5.74) is 5.99. The molecule has 2 atom stereocenters. The molecule has 2 aliphatic rings. The van der Waals surface area contributed by atoms with E-state index in [0.29, 0.717) is 30.4 Å². The van der Waals surface area contributed by atoms with Crippen molar-refractivity contribution in [2.24, 2.45) is 16.6 Å². The van der Waals surface area contributed by atoms with Crippen LogP contribution in [-0.2, 0) is 10.3 Å². The molecule has 1 saturated heterocycles. The van der Waals surface area contributed by atoms with Crippen LogP contribution in [0.1, 0.15) is 12.0 Å². The standard InChI is InChI=1S/C13H15FN2OS/c14-11-4-2-1-3-10(11)13-5-6-17-7-9(13)8-18-12(15)16-13/h1-4,9H,5-8H2,(H2,15,16)/t9-,13+/m1/s1. The number of nitrogens with two attached hydrogens (primary N) is 1. The molecule has 3 rings (SSSR count). The summed E-state index contributed by atoms with van der Waals surface area (Å²) in [6.07, 6.45) is 0.694. The predicted octanol–water partition coefficient (Wildman–Crippen LogP) is 2.12. The van der Waals surface area contributed by atoms with Gasteiger partial charge < -0.3 is 10.5 Å². The summed E-state index contributed by atoms with van der Waals surface area (Å²) in [5, 5.41) is 0.552. The molecule has 1 aromatic rings. The molecule has 2 aliphatic heterocycles. The molecule has 0 bridgehead atoms. The second kappa shape index (κ2) is 4.55. The van der Waals surface area contributed by atoms with Crippen LogP contribution < -0.4 is 5.73 Å². The third-order valence-electron chi connectivity index (χ3n) is 3.70. The average molecular weight is 266 g/mol. The van der Waals surface area contributed by atoms with Crippen molar-refractivity contribution in [1.29, 1.82) is 0 Å². The van der Waals surface area contributed by atoms with Gasteiger partial charge in [0.2, 0.25) is 0 Å². The van der Waals surface area contributed by atoms with Crippen LogP contribution in [-0.4, -0.2) is 24.1 Å². The van der Waals surface area contributed by atoms with Crippen molar-refractivity contribution >= 4 is 16.9 Å². The Morgan fingerprint density at radius 3 is 3.11 bits per heavy atom. The quantitative estimate of drug-likeness (QED) is 0.847. The van der Waals surface area contributed by atoms with Gasteiger partial charge in [0.1, 0.15) is 5.82 Å². The largest absolute Gasteiger partial charge is 0.381 e. The number of ether oxygens (including phenoxy) is 1. The first-order chi connectivity index (χ1) is 8.72. The van der Waals surface area contributed by atoms with Gasteiger partial charge in [0.05, 0.1) is 12.1 Å². The normalized spacial score (nSPS) is 31.6. The van der Waals surface area contributed by atoms with E-state index in [1.165, 1.54) is 17.8 Å². The highest BCUT2D eigenvalue weighted by atomic mass is 32.2. The number of fused-ring (bicyclic) bond motifs is 1. The number of amidine groups is 1. The number of nitrogens with zero attached hydrogens (tertiary/aromatic N) is 1. The van der Waals surface area contributed by atoms with Gasteiger partial charge in [-0.2, -0.15) is 0 Å². The molecule has 0 amide bonds. The maximum absolute atomic E-state index is 14.1. The Balaban J connectivity index is 2.13. The Bertz CT molecular complexity index is 494. The fourth-order valence-corrected chi connectivity index (χ4v) is 3.74. The van der Waals surface area contributed by atoms with Gasteiger partial charge in [-0.25, -0.2) is 4.39 Å². The van der Waals surface area contributed by atoms with Crippen molar-refractivity contribution in [2.45, 2.75) is 12.0 Å². The summed E-state index contributed by atoms with van der Waals surface area (Å²) in [7, 11) is 0. The van der Waals surface area contributed by atoms with Gasteiger partial charge in [0.25, 0.3) is 0 Å². The number of rotatable bonds is 1. The van der Waals surface area contributed by atoms with E-state index in [1.54, 1.807) is 6.07 Å². The van der Waals surface area contributed by atoms with Crippen LogP contribution >= 0.6 is 11.8 Å². The molecule has 2 N–H and O–H groups in total. The van der Waals surface area contributed by atoms with Gasteiger partial charge in [0.15, 0.2) is 5.17 Å². The van der Waals surface area contributed by atoms with Gasteiger partial charge >= 0.3 is 0 Å². The van der Waals surface area contributed by atoms with Crippen LogP contribution in [0.15, 0.2) is 29.3 Å². The molecule has 0 radical (unpaired) electrons. The summed E-state index contributed by atoms with van der Waals surface area (Å²) < 4.78 is 19.6. The Labute approximate surface area is 110 Å². The SMILES string of the molecule is NC1=N[C@@]2(c3ccccc3F)CCOC[C@@H]2CS1. The topological polar surface area (TPSA) is 47.6 Å². The van der Waals surface area contributed by atoms with Crippen molar-refractivity contribution in [1.82, 2.24) is 0 Å². The van der Waals surface area contributed by atoms with E-state index in [-0.39, 0.29) is 11.7 Å². The van der Waals surface area contributed by atoms with E-state index in [1.807, 2.05) is 12.1 Å². The van der Waals surface area contributed by atoms with Crippen LogP contribution in [0.2, 0.25) is 0 Å². The zero-order valence-corrected chi connectivity index (χ0v) is 10.8. The van der Waals surface area contributed by atoms with Crippen LogP contribution in [0.4, 0.5) is 4.39 Å². The maximum atomic E-state index is 14.1. The lowest BCUT2D eigenvalue weighted by Gasteiger charge is -2.43. The molecule has 18 heavy (non-hydrogen) atoms. The molecule has 0 unspecified atom stereocenters. The number of hydrogen-bond donors (Lipinski definition) is 1. The summed E-state index contributed by atoms with van der Waals surface area (Å²) in [4.78, 5) is 4.60. The number of halogens is 1. The monoisotopic (exact) mass is 266 g/mol. The zero-order valence-electron chi connectivity index (χ0n) is 9.93. The van der Waals surface area contributed by atoms with Crippen molar-refractivity contribution in [3.05, 3.63) is 35.6 Å². The molecule has 5 heteroatoms. The van der Waals surface area contributed by atoms with E-state index < -0.39 is 5.54 Å². The summed E-state index contributed by atoms with van der Waals surface area (Å²) >= 11 is 1.53. The van der Waals surface area contributed by atoms with Gasteiger partial charge in [-0.1, -0.05) is 30.0 Å². The van der Waals surface area contributed by atoms with Crippen LogP contribution in [0.3, 0.4) is 0 Å². The first-order valence-corrected chi connectivity index (χ1v) is 7.02. The second-order valence-electron chi connectivity index (χ2n) is 4.69. The van der Waals surface area contributed by atoms with Crippen molar-refractivity contribution < 1.29 is 9.13 Å². The molecular formula is C13H15FN2OS. The molecule has 1 aromatic carbocycles. The summed E-state index contributed by atoms with van der Waals surface area (Å²) in [5.74, 6) is 0.831. The second-order valence-corrected chi connectivity index (χ2v) is 5.73. The first kappa shape index (κ1) is 12.0. The van der Waals surface area contributed by atoms with E-state index in [9.17, 15) is 4.39 Å². The Morgan fingerprint density at radius 2 is 2.28 bits per heavy atom. The molecule has 1 fully saturated rings. The lowest BCUT2D eigenvalue weighted by Crippen LogP contribution is -2.47. The molecule has 0 aromatic heterocycles. The minimum Gasteiger partial charge on any atom is -0.381 e. The smallest absolute Gasteiger partial charge is 0.154 e. The van der Waals surface area contributed by atoms with Crippen molar-refractivity contribution in [3.8, 4) is 0 Å². The van der Waals surface area contributed by atoms with E-state index in [2.05, 4.69) is 4.99 Å². The zero-order chi connectivity index (χ0) is 12.6. The lowest BCUT2D eigenvalue weighted by atomic mass is 9.75. The molecular weight excluding hydrogens is 251 g/mol. The minimum atomic E-state index is -0.529. The van der Waals surface area contributed by atoms with Crippen LogP contribution in [0.5, 0.6) is 0 Å². The maximum Gasteiger partial charge on any atom is 0.154 e. The Kier molecular flexibility index (Phi) is 3.03. The third-order valence-corrected chi connectivity index (χ3v) is 4.66. The number of hydrogen-bond acceptors (Lipinski definition) is 4. The fourth-order valence-electron chi connectivity index (χ4n) is 2.77. The lowest BCUT2D eigenvalue weighted by molar-refractivity contribution is 0.00885. The molecule has 96 valence electrons. The molecule has 0 spiro atoms. The van der Waals surface area contributed by atoms with Crippen LogP contribution in [0, 0.1) is 11.7 Å². The average Bonchev–Trinajstić information content (AvgIpc) is 2.38. The van der Waals surface area contributed by atoms with Gasteiger partial charge in [-0.15, -0.1) is 0 Å². The van der Waals surface area contributed by atoms with E-state index in [4.69, 9.17) is 10.5 Å². The van der Waals surface area contributed by atoms with Gasteiger partial charge in [-0.05, 0) is 6.07 Å². The predicted molar refractivity (Wildman–Crippen MR) is 71.1 cm³/mol. The highest BCUT2D eigenvalue weighted by molar-refractivity contribution is 8.13. The minimum absolute atomic E-state index is 0.195. The number of thioether (sulfide) groups is 1. The van der Waals surface area contributed by atoms with Gasteiger partial charge in [0, 0.05) is 30.3 Å². The summed E-state index contributed by atoms with van der Waals surface area (Å²) in [6, 6.07) is 6.87. The van der Waals surface area contributed by atoms with Gasteiger partial charge in [-0.3, -0.25) is 4.99 Å². The summed E-state index contributed by atoms with van der Waals surface area (Å²) in [6.45, 7) is 1.23. The highest BCUT2D eigenvalue weighted by Gasteiger charge is 2.46. The first-order valence-electron chi connectivity index (χ1n) is 6.03. The van der Waals surface area contributed by atoms with Crippen LogP contribution in [0.25, 0.3) is 0 Å². The van der Waals surface area contributed by atoms with Crippen molar-refractivity contribution in [3.63, 3.8) is 0 Å². The molecule has 0 saturated carbocycles. The van der Waals surface area contributed by atoms with E-state index >= 15 is 0 Å². The molecule has 2 heterocycles. The number of benzene rings is 1. The fraction of sp³-hybridized carbons (Fsp3) is 0.462. The van der Waals surface area contributed by atoms with Crippen molar-refractivity contribution in [2.75, 3.05) is 19.0 Å². The highest BCUT2D eigenvalue weighted by Crippen LogP contribution is 2.45. The molecule has 0 aliphatic carbocycles. The van der Waals surface area contributed by atoms with E-state index in [0.717, 1.165) is 5.75 Å². The molecule has 3 nitrogen and oxygen atoms in total. The third kappa shape index (κ3) is 1.82. The Morgan fingerprint density at radius 1 is 1.44 bits per heavy atom.